The second-order valence-corrected chi connectivity index (χ2v) is 4.73. The molecular formula is C15H22N2O4. The number of carboxylic acids is 1. The van der Waals surface area contributed by atoms with Crippen LogP contribution in [0.5, 0.6) is 5.75 Å². The summed E-state index contributed by atoms with van der Waals surface area (Å²) in [6.07, 6.45) is 1.71. The predicted molar refractivity (Wildman–Crippen MR) is 81.1 cm³/mol. The van der Waals surface area contributed by atoms with Gasteiger partial charge in [0, 0.05) is 13.1 Å². The zero-order valence-corrected chi connectivity index (χ0v) is 12.8. The maximum absolute atomic E-state index is 12.2. The minimum absolute atomic E-state index is 0.0938. The molecule has 0 atom stereocenters. The number of benzene rings is 1. The quantitative estimate of drug-likeness (QED) is 0.845. The van der Waals surface area contributed by atoms with E-state index in [1.54, 1.807) is 11.9 Å². The van der Waals surface area contributed by atoms with Crippen LogP contribution in [0.3, 0.4) is 0 Å². The van der Waals surface area contributed by atoms with Crippen LogP contribution >= 0.6 is 0 Å². The fourth-order valence-electron chi connectivity index (χ4n) is 2.14. The van der Waals surface area contributed by atoms with Crippen molar-refractivity contribution in [2.45, 2.75) is 32.7 Å². The molecule has 1 rings (SSSR count). The third-order valence-electron chi connectivity index (χ3n) is 3.50. The van der Waals surface area contributed by atoms with Crippen molar-refractivity contribution in [2.75, 3.05) is 19.5 Å². The van der Waals surface area contributed by atoms with E-state index in [0.717, 1.165) is 12.8 Å². The van der Waals surface area contributed by atoms with Crippen LogP contribution in [0.25, 0.3) is 0 Å². The molecule has 21 heavy (non-hydrogen) atoms. The number of methoxy groups -OCH3 is 1. The Morgan fingerprint density at radius 1 is 1.33 bits per heavy atom. The molecule has 2 amide bonds. The Bertz CT molecular complexity index is 512. The maximum Gasteiger partial charge on any atom is 0.335 e. The first kappa shape index (κ1) is 16.8. The highest BCUT2D eigenvalue weighted by atomic mass is 16.5. The highest BCUT2D eigenvalue weighted by Gasteiger charge is 2.18. The third-order valence-corrected chi connectivity index (χ3v) is 3.50. The number of urea groups is 1. The molecule has 0 heterocycles. The Labute approximate surface area is 124 Å². The van der Waals surface area contributed by atoms with Gasteiger partial charge < -0.3 is 20.1 Å². The number of anilines is 1. The first-order valence-corrected chi connectivity index (χ1v) is 6.89. The van der Waals surface area contributed by atoms with E-state index in [9.17, 15) is 9.59 Å². The predicted octanol–water partition coefficient (Wildman–Crippen LogP) is 3.05. The van der Waals surface area contributed by atoms with Gasteiger partial charge in [0.1, 0.15) is 5.75 Å². The molecule has 0 fully saturated rings. The number of aromatic carboxylic acids is 1. The summed E-state index contributed by atoms with van der Waals surface area (Å²) in [6, 6.07) is 4.19. The average molecular weight is 294 g/mol. The van der Waals surface area contributed by atoms with Gasteiger partial charge in [-0.1, -0.05) is 13.8 Å². The Balaban J connectivity index is 2.97. The van der Waals surface area contributed by atoms with Crippen molar-refractivity contribution in [2.24, 2.45) is 0 Å². The van der Waals surface area contributed by atoms with Crippen LogP contribution in [0.2, 0.25) is 0 Å². The molecule has 116 valence electrons. The van der Waals surface area contributed by atoms with E-state index < -0.39 is 5.97 Å². The Kier molecular flexibility index (Phi) is 6.02. The zero-order chi connectivity index (χ0) is 16.0. The van der Waals surface area contributed by atoms with Crippen LogP contribution in [0.4, 0.5) is 10.5 Å². The second-order valence-electron chi connectivity index (χ2n) is 4.73. The monoisotopic (exact) mass is 294 g/mol. The molecule has 6 heteroatoms. The van der Waals surface area contributed by atoms with Crippen molar-refractivity contribution in [1.29, 1.82) is 0 Å². The van der Waals surface area contributed by atoms with E-state index in [0.29, 0.717) is 11.4 Å². The van der Waals surface area contributed by atoms with Crippen molar-refractivity contribution < 1.29 is 19.4 Å². The van der Waals surface area contributed by atoms with Gasteiger partial charge in [0.2, 0.25) is 0 Å². The summed E-state index contributed by atoms with van der Waals surface area (Å²) in [5.41, 5.74) is 0.441. The van der Waals surface area contributed by atoms with Crippen LogP contribution in [0.1, 0.15) is 37.0 Å². The number of carbonyl (C=O) groups is 2. The molecule has 0 saturated carbocycles. The second kappa shape index (κ2) is 7.52. The molecule has 0 saturated heterocycles. The van der Waals surface area contributed by atoms with Crippen LogP contribution in [-0.4, -0.2) is 42.2 Å². The average Bonchev–Trinajstić information content (AvgIpc) is 2.48. The fraction of sp³-hybridized carbons (Fsp3) is 0.467. The summed E-state index contributed by atoms with van der Waals surface area (Å²) in [7, 11) is 3.19. The lowest BCUT2D eigenvalue weighted by atomic mass is 10.1. The molecule has 0 unspecified atom stereocenters. The van der Waals surface area contributed by atoms with Gasteiger partial charge in [-0.15, -0.1) is 0 Å². The lowest BCUT2D eigenvalue weighted by Crippen LogP contribution is -2.39. The van der Waals surface area contributed by atoms with E-state index >= 15 is 0 Å². The summed E-state index contributed by atoms with van der Waals surface area (Å²) >= 11 is 0. The van der Waals surface area contributed by atoms with Gasteiger partial charge in [-0.25, -0.2) is 9.59 Å². The number of nitrogens with zero attached hydrogens (tertiary/aromatic N) is 1. The first-order valence-electron chi connectivity index (χ1n) is 6.89. The number of carboxylic acid groups (broad SMARTS) is 1. The van der Waals surface area contributed by atoms with Crippen molar-refractivity contribution >= 4 is 17.7 Å². The Morgan fingerprint density at radius 3 is 2.43 bits per heavy atom. The van der Waals surface area contributed by atoms with Crippen molar-refractivity contribution in [3.05, 3.63) is 23.8 Å². The minimum Gasteiger partial charge on any atom is -0.495 e. The first-order chi connectivity index (χ1) is 9.94. The smallest absolute Gasteiger partial charge is 0.335 e. The number of ether oxygens (including phenoxy) is 1. The molecule has 0 aliphatic rings. The van der Waals surface area contributed by atoms with Gasteiger partial charge in [-0.05, 0) is 31.0 Å². The molecule has 0 bridgehead atoms. The van der Waals surface area contributed by atoms with Gasteiger partial charge in [-0.2, -0.15) is 0 Å². The largest absolute Gasteiger partial charge is 0.495 e. The number of amides is 2. The standard InChI is InChI=1S/C15H22N2O4/c1-5-11(6-2)17(3)15(20)16-12-9-10(14(18)19)7-8-13(12)21-4/h7-9,11H,5-6H2,1-4H3,(H,16,20)(H,18,19). The third kappa shape index (κ3) is 4.11. The van der Waals surface area contributed by atoms with E-state index in [4.69, 9.17) is 9.84 Å². The topological polar surface area (TPSA) is 78.9 Å². The molecule has 6 nitrogen and oxygen atoms in total. The molecular weight excluding hydrogens is 272 g/mol. The zero-order valence-electron chi connectivity index (χ0n) is 12.8. The maximum atomic E-state index is 12.2. The molecule has 0 spiro atoms. The molecule has 0 aliphatic heterocycles. The molecule has 1 aromatic rings. The van der Waals surface area contributed by atoms with E-state index in [-0.39, 0.29) is 17.6 Å². The molecule has 0 aromatic heterocycles. The number of carbonyl (C=O) groups excluding carboxylic acids is 1. The minimum atomic E-state index is -1.05. The number of nitrogens with one attached hydrogen (secondary N) is 1. The molecule has 2 N–H and O–H groups in total. The van der Waals surface area contributed by atoms with Crippen LogP contribution in [0, 0.1) is 0 Å². The van der Waals surface area contributed by atoms with Gasteiger partial charge in [0.25, 0.3) is 0 Å². The number of hydrogen-bond donors (Lipinski definition) is 2. The van der Waals surface area contributed by atoms with Crippen LogP contribution in [-0.2, 0) is 0 Å². The van der Waals surface area contributed by atoms with E-state index in [2.05, 4.69) is 5.32 Å². The molecule has 1 aromatic carbocycles. The Hall–Kier alpha value is -2.24. The SMILES string of the molecule is CCC(CC)N(C)C(=O)Nc1cc(C(=O)O)ccc1OC. The van der Waals surface area contributed by atoms with Gasteiger partial charge in [0.15, 0.2) is 0 Å². The van der Waals surface area contributed by atoms with Crippen LogP contribution in [0.15, 0.2) is 18.2 Å². The van der Waals surface area contributed by atoms with Gasteiger partial charge in [-0.3, -0.25) is 0 Å². The molecule has 0 radical (unpaired) electrons. The van der Waals surface area contributed by atoms with E-state index in [1.807, 2.05) is 13.8 Å². The van der Waals surface area contributed by atoms with Gasteiger partial charge >= 0.3 is 12.0 Å². The highest BCUT2D eigenvalue weighted by molar-refractivity contribution is 5.94. The number of rotatable bonds is 6. The normalized spacial score (nSPS) is 10.3. The fourth-order valence-corrected chi connectivity index (χ4v) is 2.14. The molecule has 0 aliphatic carbocycles. The Morgan fingerprint density at radius 2 is 1.95 bits per heavy atom. The van der Waals surface area contributed by atoms with E-state index in [1.165, 1.54) is 25.3 Å². The lowest BCUT2D eigenvalue weighted by molar-refractivity contribution is 0.0697. The summed E-state index contributed by atoms with van der Waals surface area (Å²) in [4.78, 5) is 24.9. The number of hydrogen-bond acceptors (Lipinski definition) is 3. The van der Waals surface area contributed by atoms with Crippen LogP contribution < -0.4 is 10.1 Å². The van der Waals surface area contributed by atoms with Crippen molar-refractivity contribution in [3.8, 4) is 5.75 Å². The summed E-state index contributed by atoms with van der Waals surface area (Å²) in [5, 5.41) is 11.7. The summed E-state index contributed by atoms with van der Waals surface area (Å²) in [5.74, 6) is -0.632. The van der Waals surface area contributed by atoms with Crippen molar-refractivity contribution in [1.82, 2.24) is 4.90 Å². The highest BCUT2D eigenvalue weighted by Crippen LogP contribution is 2.26. The lowest BCUT2D eigenvalue weighted by Gasteiger charge is -2.26. The summed E-state index contributed by atoms with van der Waals surface area (Å²) in [6.45, 7) is 4.03. The van der Waals surface area contributed by atoms with Crippen molar-refractivity contribution in [3.63, 3.8) is 0 Å². The van der Waals surface area contributed by atoms with Gasteiger partial charge in [0.05, 0.1) is 18.4 Å². The summed E-state index contributed by atoms with van der Waals surface area (Å²) < 4.78 is 5.15.